The third-order valence-electron chi connectivity index (χ3n) is 3.01. The number of hydrogen-bond acceptors (Lipinski definition) is 2. The average Bonchev–Trinajstić information content (AvgIpc) is 2.51. The van der Waals surface area contributed by atoms with E-state index in [0.717, 1.165) is 11.6 Å². The second kappa shape index (κ2) is 4.03. The molecule has 0 spiro atoms. The number of hydrogen-bond donors (Lipinski definition) is 1. The summed E-state index contributed by atoms with van der Waals surface area (Å²) in [6.45, 7) is 2.34. The van der Waals surface area contributed by atoms with Crippen molar-refractivity contribution >= 4 is 5.69 Å². The number of rotatable bonds is 2. The number of aromatic nitrogens is 2. The van der Waals surface area contributed by atoms with Gasteiger partial charge in [-0.05, 0) is 18.8 Å². The Morgan fingerprint density at radius 3 is 3.00 bits per heavy atom. The molecule has 1 aromatic heterocycles. The third kappa shape index (κ3) is 2.28. The summed E-state index contributed by atoms with van der Waals surface area (Å²) in [5, 5.41) is 7.70. The van der Waals surface area contributed by atoms with E-state index < -0.39 is 0 Å². The van der Waals surface area contributed by atoms with Crippen molar-refractivity contribution in [3.05, 3.63) is 12.4 Å². The molecule has 0 unspecified atom stereocenters. The lowest BCUT2D eigenvalue weighted by Gasteiger charge is -2.27. The lowest BCUT2D eigenvalue weighted by molar-refractivity contribution is 0.358. The van der Waals surface area contributed by atoms with Crippen LogP contribution >= 0.6 is 0 Å². The summed E-state index contributed by atoms with van der Waals surface area (Å²) in [5.41, 5.74) is 1.16. The molecule has 0 bridgehead atoms. The maximum Gasteiger partial charge on any atom is 0.0728 e. The predicted molar refractivity (Wildman–Crippen MR) is 58.3 cm³/mol. The Bertz CT molecular complexity index is 292. The quantitative estimate of drug-likeness (QED) is 0.781. The summed E-state index contributed by atoms with van der Waals surface area (Å²) in [4.78, 5) is 0. The second-order valence-electron chi connectivity index (χ2n) is 4.52. The normalized spacial score (nSPS) is 27.6. The Labute approximate surface area is 85.5 Å². The fourth-order valence-corrected chi connectivity index (χ4v) is 2.30. The molecule has 3 heteroatoms. The first-order valence-electron chi connectivity index (χ1n) is 5.49. The third-order valence-corrected chi connectivity index (χ3v) is 3.01. The van der Waals surface area contributed by atoms with Crippen LogP contribution in [-0.2, 0) is 7.05 Å². The van der Waals surface area contributed by atoms with Gasteiger partial charge in [0.2, 0.25) is 0 Å². The molecule has 1 N–H and O–H groups in total. The molecule has 0 amide bonds. The first-order chi connectivity index (χ1) is 6.74. The van der Waals surface area contributed by atoms with Crippen molar-refractivity contribution < 1.29 is 0 Å². The van der Waals surface area contributed by atoms with Crippen LogP contribution in [0, 0.1) is 5.92 Å². The molecule has 14 heavy (non-hydrogen) atoms. The van der Waals surface area contributed by atoms with E-state index in [1.807, 2.05) is 24.1 Å². The highest BCUT2D eigenvalue weighted by molar-refractivity contribution is 5.39. The van der Waals surface area contributed by atoms with Crippen molar-refractivity contribution in [3.63, 3.8) is 0 Å². The molecule has 2 atom stereocenters. The monoisotopic (exact) mass is 193 g/mol. The van der Waals surface area contributed by atoms with Gasteiger partial charge in [0.15, 0.2) is 0 Å². The van der Waals surface area contributed by atoms with Crippen molar-refractivity contribution in [2.75, 3.05) is 5.32 Å². The van der Waals surface area contributed by atoms with E-state index in [2.05, 4.69) is 17.3 Å². The van der Waals surface area contributed by atoms with Crippen molar-refractivity contribution in [1.29, 1.82) is 0 Å². The zero-order valence-electron chi connectivity index (χ0n) is 9.03. The van der Waals surface area contributed by atoms with Crippen LogP contribution < -0.4 is 5.32 Å². The van der Waals surface area contributed by atoms with E-state index >= 15 is 0 Å². The van der Waals surface area contributed by atoms with E-state index in [9.17, 15) is 0 Å². The van der Waals surface area contributed by atoms with Crippen molar-refractivity contribution in [2.45, 2.75) is 38.6 Å². The highest BCUT2D eigenvalue weighted by Crippen LogP contribution is 2.25. The SMILES string of the molecule is C[C@H]1CCC[C@@H](Nc2cnn(C)c2)C1. The number of aryl methyl sites for hydroxylation is 1. The van der Waals surface area contributed by atoms with E-state index in [1.165, 1.54) is 25.7 Å². The number of anilines is 1. The lowest BCUT2D eigenvalue weighted by Crippen LogP contribution is -2.25. The van der Waals surface area contributed by atoms with Crippen LogP contribution in [0.15, 0.2) is 12.4 Å². The van der Waals surface area contributed by atoms with Crippen LogP contribution in [0.1, 0.15) is 32.6 Å². The summed E-state index contributed by atoms with van der Waals surface area (Å²) in [5.74, 6) is 0.873. The predicted octanol–water partition coefficient (Wildman–Crippen LogP) is 2.41. The Morgan fingerprint density at radius 2 is 2.36 bits per heavy atom. The van der Waals surface area contributed by atoms with Crippen LogP contribution in [0.3, 0.4) is 0 Å². The van der Waals surface area contributed by atoms with E-state index in [1.54, 1.807) is 0 Å². The summed E-state index contributed by atoms with van der Waals surface area (Å²) >= 11 is 0. The van der Waals surface area contributed by atoms with Crippen molar-refractivity contribution in [2.24, 2.45) is 13.0 Å². The van der Waals surface area contributed by atoms with Gasteiger partial charge in [-0.1, -0.05) is 19.8 Å². The topological polar surface area (TPSA) is 29.9 Å². The average molecular weight is 193 g/mol. The molecule has 1 aliphatic carbocycles. The smallest absolute Gasteiger partial charge is 0.0728 e. The first-order valence-corrected chi connectivity index (χ1v) is 5.49. The Kier molecular flexibility index (Phi) is 2.75. The van der Waals surface area contributed by atoms with Gasteiger partial charge in [-0.2, -0.15) is 5.10 Å². The standard InChI is InChI=1S/C11H19N3/c1-9-4-3-5-10(6-9)13-11-7-12-14(2)8-11/h7-10,13H,3-6H2,1-2H3/t9-,10+/m0/s1. The van der Waals surface area contributed by atoms with Crippen molar-refractivity contribution in [1.82, 2.24) is 9.78 Å². The fraction of sp³-hybridized carbons (Fsp3) is 0.727. The number of nitrogens with one attached hydrogen (secondary N) is 1. The maximum absolute atomic E-state index is 4.16. The molecule has 1 fully saturated rings. The van der Waals surface area contributed by atoms with Gasteiger partial charge in [-0.25, -0.2) is 0 Å². The van der Waals surface area contributed by atoms with E-state index in [0.29, 0.717) is 6.04 Å². The van der Waals surface area contributed by atoms with Gasteiger partial charge in [-0.15, -0.1) is 0 Å². The van der Waals surface area contributed by atoms with Gasteiger partial charge in [0, 0.05) is 19.3 Å². The van der Waals surface area contributed by atoms with E-state index in [4.69, 9.17) is 0 Å². The zero-order chi connectivity index (χ0) is 9.97. The Morgan fingerprint density at radius 1 is 1.50 bits per heavy atom. The van der Waals surface area contributed by atoms with Crippen LogP contribution in [0.4, 0.5) is 5.69 Å². The fourth-order valence-electron chi connectivity index (χ4n) is 2.30. The minimum atomic E-state index is 0.656. The van der Waals surface area contributed by atoms with Crippen LogP contribution in [0.25, 0.3) is 0 Å². The van der Waals surface area contributed by atoms with Gasteiger partial charge < -0.3 is 5.32 Å². The van der Waals surface area contributed by atoms with Gasteiger partial charge >= 0.3 is 0 Å². The Hall–Kier alpha value is -0.990. The van der Waals surface area contributed by atoms with Gasteiger partial charge in [0.05, 0.1) is 11.9 Å². The van der Waals surface area contributed by atoms with Crippen LogP contribution in [-0.4, -0.2) is 15.8 Å². The Balaban J connectivity index is 1.90. The molecule has 1 aromatic rings. The summed E-state index contributed by atoms with van der Waals surface area (Å²) in [6, 6.07) is 0.656. The summed E-state index contributed by atoms with van der Waals surface area (Å²) in [7, 11) is 1.95. The minimum absolute atomic E-state index is 0.656. The van der Waals surface area contributed by atoms with Gasteiger partial charge in [0.1, 0.15) is 0 Å². The molecule has 0 aromatic carbocycles. The van der Waals surface area contributed by atoms with Gasteiger partial charge in [0.25, 0.3) is 0 Å². The zero-order valence-corrected chi connectivity index (χ0v) is 9.03. The highest BCUT2D eigenvalue weighted by Gasteiger charge is 2.18. The summed E-state index contributed by atoms with van der Waals surface area (Å²) < 4.78 is 1.84. The van der Waals surface area contributed by atoms with E-state index in [-0.39, 0.29) is 0 Å². The molecule has 1 saturated carbocycles. The molecular formula is C11H19N3. The van der Waals surface area contributed by atoms with Crippen LogP contribution in [0.2, 0.25) is 0 Å². The molecule has 1 aliphatic rings. The minimum Gasteiger partial charge on any atom is -0.380 e. The maximum atomic E-state index is 4.16. The lowest BCUT2D eigenvalue weighted by atomic mass is 9.87. The first kappa shape index (κ1) is 9.56. The second-order valence-corrected chi connectivity index (χ2v) is 4.52. The largest absolute Gasteiger partial charge is 0.380 e. The molecule has 3 nitrogen and oxygen atoms in total. The molecule has 2 rings (SSSR count). The van der Waals surface area contributed by atoms with Crippen LogP contribution in [0.5, 0.6) is 0 Å². The molecular weight excluding hydrogens is 174 g/mol. The highest BCUT2D eigenvalue weighted by atomic mass is 15.3. The molecule has 1 heterocycles. The molecule has 78 valence electrons. The molecule has 0 radical (unpaired) electrons. The molecule has 0 saturated heterocycles. The van der Waals surface area contributed by atoms with Crippen molar-refractivity contribution in [3.8, 4) is 0 Å². The van der Waals surface area contributed by atoms with Gasteiger partial charge in [-0.3, -0.25) is 4.68 Å². The summed E-state index contributed by atoms with van der Waals surface area (Å²) in [6.07, 6.45) is 9.30. The molecule has 0 aliphatic heterocycles. The number of nitrogens with zero attached hydrogens (tertiary/aromatic N) is 2.